The minimum atomic E-state index is -3.43. The second-order valence-corrected chi connectivity index (χ2v) is 7.39. The molecule has 0 aliphatic rings. The van der Waals surface area contributed by atoms with Crippen molar-refractivity contribution in [2.75, 3.05) is 7.05 Å². The van der Waals surface area contributed by atoms with Gasteiger partial charge < -0.3 is 5.11 Å². The van der Waals surface area contributed by atoms with E-state index in [9.17, 15) is 13.2 Å². The summed E-state index contributed by atoms with van der Waals surface area (Å²) in [5.41, 5.74) is 0.280. The second-order valence-electron chi connectivity index (χ2n) is 5.39. The predicted molar refractivity (Wildman–Crippen MR) is 78.2 cm³/mol. The number of carboxylic acids is 1. The van der Waals surface area contributed by atoms with E-state index in [1.807, 2.05) is 20.8 Å². The summed E-state index contributed by atoms with van der Waals surface area (Å²) >= 11 is 0. The van der Waals surface area contributed by atoms with Gasteiger partial charge in [0.2, 0.25) is 10.0 Å². The molecule has 0 atom stereocenters. The zero-order valence-corrected chi connectivity index (χ0v) is 13.1. The lowest BCUT2D eigenvalue weighted by molar-refractivity contribution is 0.0697. The molecule has 112 valence electrons. The van der Waals surface area contributed by atoms with Gasteiger partial charge in [0.15, 0.2) is 0 Å². The molecule has 0 aliphatic heterocycles. The first-order valence-corrected chi connectivity index (χ1v) is 8.00. The van der Waals surface area contributed by atoms with Crippen molar-refractivity contribution in [3.63, 3.8) is 0 Å². The number of aromatic carboxylic acids is 1. The van der Waals surface area contributed by atoms with Gasteiger partial charge in [-0.05, 0) is 38.0 Å². The number of rotatable bonds is 6. The smallest absolute Gasteiger partial charge is 0.335 e. The molecule has 0 amide bonds. The first kappa shape index (κ1) is 16.7. The van der Waals surface area contributed by atoms with Crippen molar-refractivity contribution >= 4 is 16.0 Å². The van der Waals surface area contributed by atoms with E-state index in [0.717, 1.165) is 0 Å². The zero-order chi connectivity index (χ0) is 15.6. The molecule has 1 aromatic rings. The standard InChI is InChI=1S/C14H21NO4S/c1-5-14(2,3)15(4)20(18,19)10-11-6-8-12(9-7-11)13(16)17/h6-9H,5,10H2,1-4H3,(H,16,17). The molecular formula is C14H21NO4S. The molecule has 0 bridgehead atoms. The monoisotopic (exact) mass is 299 g/mol. The van der Waals surface area contributed by atoms with Crippen LogP contribution in [-0.4, -0.2) is 36.4 Å². The number of nitrogens with zero attached hydrogens (tertiary/aromatic N) is 1. The Balaban J connectivity index is 2.94. The van der Waals surface area contributed by atoms with Gasteiger partial charge in [-0.2, -0.15) is 4.31 Å². The summed E-state index contributed by atoms with van der Waals surface area (Å²) in [6.07, 6.45) is 0.709. The third kappa shape index (κ3) is 3.80. The molecule has 1 rings (SSSR count). The molecule has 0 radical (unpaired) electrons. The number of benzene rings is 1. The van der Waals surface area contributed by atoms with E-state index in [0.29, 0.717) is 12.0 Å². The van der Waals surface area contributed by atoms with Gasteiger partial charge in [-0.15, -0.1) is 0 Å². The molecule has 0 spiro atoms. The summed E-state index contributed by atoms with van der Waals surface area (Å²) < 4.78 is 26.0. The summed E-state index contributed by atoms with van der Waals surface area (Å²) in [6, 6.07) is 5.90. The summed E-state index contributed by atoms with van der Waals surface area (Å²) in [5, 5.41) is 8.81. The highest BCUT2D eigenvalue weighted by Gasteiger charge is 2.31. The van der Waals surface area contributed by atoms with Crippen LogP contribution in [0.1, 0.15) is 43.1 Å². The first-order chi connectivity index (χ1) is 9.10. The van der Waals surface area contributed by atoms with Crippen LogP contribution in [0.4, 0.5) is 0 Å². The molecule has 1 N–H and O–H groups in total. The number of hydrogen-bond donors (Lipinski definition) is 1. The molecule has 0 fully saturated rings. The van der Waals surface area contributed by atoms with Crippen molar-refractivity contribution in [1.82, 2.24) is 4.31 Å². The van der Waals surface area contributed by atoms with Crippen molar-refractivity contribution < 1.29 is 18.3 Å². The highest BCUT2D eigenvalue weighted by atomic mass is 32.2. The Morgan fingerprint density at radius 3 is 2.15 bits per heavy atom. The summed E-state index contributed by atoms with van der Waals surface area (Å²) in [6.45, 7) is 5.68. The van der Waals surface area contributed by atoms with E-state index in [-0.39, 0.29) is 11.3 Å². The van der Waals surface area contributed by atoms with Crippen molar-refractivity contribution in [3.05, 3.63) is 35.4 Å². The highest BCUT2D eigenvalue weighted by Crippen LogP contribution is 2.22. The molecule has 0 heterocycles. The van der Waals surface area contributed by atoms with Gasteiger partial charge >= 0.3 is 5.97 Å². The number of hydrogen-bond acceptors (Lipinski definition) is 3. The minimum Gasteiger partial charge on any atom is -0.478 e. The van der Waals surface area contributed by atoms with Crippen LogP contribution < -0.4 is 0 Å². The van der Waals surface area contributed by atoms with Gasteiger partial charge in [-0.1, -0.05) is 19.1 Å². The molecule has 0 saturated heterocycles. The van der Waals surface area contributed by atoms with Gasteiger partial charge in [0.1, 0.15) is 0 Å². The van der Waals surface area contributed by atoms with Gasteiger partial charge in [0, 0.05) is 12.6 Å². The van der Waals surface area contributed by atoms with Crippen molar-refractivity contribution in [1.29, 1.82) is 0 Å². The van der Waals surface area contributed by atoms with E-state index in [1.165, 1.54) is 28.6 Å². The molecular weight excluding hydrogens is 278 g/mol. The van der Waals surface area contributed by atoms with Crippen molar-refractivity contribution in [3.8, 4) is 0 Å². The Hall–Kier alpha value is -1.40. The number of sulfonamides is 1. The van der Waals surface area contributed by atoms with Crippen LogP contribution in [0.15, 0.2) is 24.3 Å². The normalized spacial score (nSPS) is 12.7. The Morgan fingerprint density at radius 1 is 1.25 bits per heavy atom. The zero-order valence-electron chi connectivity index (χ0n) is 12.3. The van der Waals surface area contributed by atoms with Crippen LogP contribution in [-0.2, 0) is 15.8 Å². The lowest BCUT2D eigenvalue weighted by atomic mass is 10.0. The average molecular weight is 299 g/mol. The van der Waals surface area contributed by atoms with E-state index in [2.05, 4.69) is 0 Å². The largest absolute Gasteiger partial charge is 0.478 e. The third-order valence-electron chi connectivity index (χ3n) is 3.68. The fourth-order valence-corrected chi connectivity index (χ4v) is 3.34. The van der Waals surface area contributed by atoms with Crippen LogP contribution in [0.25, 0.3) is 0 Å². The molecule has 0 saturated carbocycles. The number of carbonyl (C=O) groups is 1. The summed E-state index contributed by atoms with van der Waals surface area (Å²) in [4.78, 5) is 10.7. The SMILES string of the molecule is CCC(C)(C)N(C)S(=O)(=O)Cc1ccc(C(=O)O)cc1. The molecule has 5 nitrogen and oxygen atoms in total. The topological polar surface area (TPSA) is 74.7 Å². The maximum absolute atomic E-state index is 12.3. The Kier molecular flexibility index (Phi) is 4.94. The van der Waals surface area contributed by atoms with Gasteiger partial charge in [-0.3, -0.25) is 0 Å². The number of carboxylic acid groups (broad SMARTS) is 1. The van der Waals surface area contributed by atoms with E-state index < -0.39 is 21.5 Å². The van der Waals surface area contributed by atoms with E-state index in [1.54, 1.807) is 7.05 Å². The van der Waals surface area contributed by atoms with Crippen molar-refractivity contribution in [2.45, 2.75) is 38.5 Å². The molecule has 6 heteroatoms. The maximum atomic E-state index is 12.3. The molecule has 0 unspecified atom stereocenters. The lowest BCUT2D eigenvalue weighted by Gasteiger charge is -2.33. The van der Waals surface area contributed by atoms with Crippen LogP contribution in [0, 0.1) is 0 Å². The molecule has 1 aromatic carbocycles. The van der Waals surface area contributed by atoms with Crippen LogP contribution in [0.2, 0.25) is 0 Å². The average Bonchev–Trinajstić information content (AvgIpc) is 2.38. The van der Waals surface area contributed by atoms with Crippen LogP contribution in [0.5, 0.6) is 0 Å². The van der Waals surface area contributed by atoms with Gasteiger partial charge in [0.25, 0.3) is 0 Å². The second kappa shape index (κ2) is 5.93. The Morgan fingerprint density at radius 2 is 1.75 bits per heavy atom. The summed E-state index contributed by atoms with van der Waals surface area (Å²) in [5.74, 6) is -1.16. The van der Waals surface area contributed by atoms with Crippen LogP contribution in [0.3, 0.4) is 0 Å². The van der Waals surface area contributed by atoms with Gasteiger partial charge in [0.05, 0.1) is 11.3 Å². The van der Waals surface area contributed by atoms with E-state index >= 15 is 0 Å². The quantitative estimate of drug-likeness (QED) is 0.875. The fraction of sp³-hybridized carbons (Fsp3) is 0.500. The fourth-order valence-electron chi connectivity index (χ4n) is 1.65. The Labute approximate surface area is 120 Å². The van der Waals surface area contributed by atoms with Gasteiger partial charge in [-0.25, -0.2) is 13.2 Å². The predicted octanol–water partition coefficient (Wildman–Crippen LogP) is 2.33. The third-order valence-corrected chi connectivity index (χ3v) is 5.71. The highest BCUT2D eigenvalue weighted by molar-refractivity contribution is 7.88. The molecule has 20 heavy (non-hydrogen) atoms. The lowest BCUT2D eigenvalue weighted by Crippen LogP contribution is -2.44. The maximum Gasteiger partial charge on any atom is 0.335 e. The van der Waals surface area contributed by atoms with Crippen LogP contribution >= 0.6 is 0 Å². The van der Waals surface area contributed by atoms with E-state index in [4.69, 9.17) is 5.11 Å². The molecule has 0 aromatic heterocycles. The first-order valence-electron chi connectivity index (χ1n) is 6.39. The molecule has 0 aliphatic carbocycles. The van der Waals surface area contributed by atoms with Crippen molar-refractivity contribution in [2.24, 2.45) is 0 Å². The minimum absolute atomic E-state index is 0.132. The Bertz CT molecular complexity index is 576. The summed E-state index contributed by atoms with van der Waals surface area (Å²) in [7, 11) is -1.86.